The van der Waals surface area contributed by atoms with E-state index in [1.54, 1.807) is 4.40 Å². The van der Waals surface area contributed by atoms with Crippen LogP contribution in [0.25, 0.3) is 5.65 Å². The van der Waals surface area contributed by atoms with Gasteiger partial charge in [0.1, 0.15) is 0 Å². The Balaban J connectivity index is 1.93. The molecule has 1 saturated carbocycles. The van der Waals surface area contributed by atoms with Crippen molar-refractivity contribution in [3.63, 3.8) is 0 Å². The molecule has 5 nitrogen and oxygen atoms in total. The average molecular weight is 202 g/mol. The summed E-state index contributed by atoms with van der Waals surface area (Å²) < 4.78 is 1.76. The summed E-state index contributed by atoms with van der Waals surface area (Å²) in [5.41, 5.74) is 0.739. The fraction of sp³-hybridized carbons (Fsp3) is 0.300. The van der Waals surface area contributed by atoms with Crippen LogP contribution in [0.5, 0.6) is 0 Å². The molecule has 0 aliphatic heterocycles. The van der Waals surface area contributed by atoms with Gasteiger partial charge in [0.15, 0.2) is 5.65 Å². The van der Waals surface area contributed by atoms with E-state index < -0.39 is 0 Å². The van der Waals surface area contributed by atoms with Gasteiger partial charge in [-0.1, -0.05) is 6.07 Å². The van der Waals surface area contributed by atoms with E-state index in [2.05, 4.69) is 15.5 Å². The minimum Gasteiger partial charge on any atom is -0.294 e. The summed E-state index contributed by atoms with van der Waals surface area (Å²) in [6, 6.07) is 5.61. The molecule has 2 heterocycles. The summed E-state index contributed by atoms with van der Waals surface area (Å²) in [5.74, 6) is 0.733. The fourth-order valence-corrected chi connectivity index (χ4v) is 1.48. The van der Waals surface area contributed by atoms with Crippen LogP contribution in [-0.2, 0) is 4.79 Å². The summed E-state index contributed by atoms with van der Waals surface area (Å²) in [7, 11) is 0. The molecule has 0 radical (unpaired) electrons. The number of nitrogens with one attached hydrogen (secondary N) is 1. The Morgan fingerprint density at radius 1 is 1.40 bits per heavy atom. The van der Waals surface area contributed by atoms with E-state index in [-0.39, 0.29) is 11.8 Å². The minimum absolute atomic E-state index is 0.0492. The van der Waals surface area contributed by atoms with Crippen molar-refractivity contribution in [2.45, 2.75) is 12.8 Å². The third-order valence-corrected chi connectivity index (χ3v) is 2.50. The molecule has 0 saturated heterocycles. The second-order valence-corrected chi connectivity index (χ2v) is 3.72. The Labute approximate surface area is 86.1 Å². The number of rotatable bonds is 2. The Morgan fingerprint density at radius 3 is 3.07 bits per heavy atom. The number of nitrogens with zero attached hydrogens (tertiary/aromatic N) is 3. The topological polar surface area (TPSA) is 59.3 Å². The molecule has 1 amide bonds. The van der Waals surface area contributed by atoms with Crippen LogP contribution in [0.3, 0.4) is 0 Å². The monoisotopic (exact) mass is 202 g/mol. The third-order valence-electron chi connectivity index (χ3n) is 2.50. The summed E-state index contributed by atoms with van der Waals surface area (Å²) in [4.78, 5) is 11.5. The number of carbonyl (C=O) groups is 1. The van der Waals surface area contributed by atoms with Crippen molar-refractivity contribution in [1.29, 1.82) is 0 Å². The predicted molar refractivity (Wildman–Crippen MR) is 54.3 cm³/mol. The highest BCUT2D eigenvalue weighted by Gasteiger charge is 2.30. The van der Waals surface area contributed by atoms with Crippen LogP contribution in [0.1, 0.15) is 12.8 Å². The summed E-state index contributed by atoms with van der Waals surface area (Å²) >= 11 is 0. The number of fused-ring (bicyclic) bond motifs is 1. The molecule has 2 aromatic heterocycles. The Bertz CT molecular complexity index is 515. The molecule has 5 heteroatoms. The van der Waals surface area contributed by atoms with Gasteiger partial charge in [0, 0.05) is 12.1 Å². The van der Waals surface area contributed by atoms with Crippen LogP contribution in [0.4, 0.5) is 5.95 Å². The van der Waals surface area contributed by atoms with Gasteiger partial charge >= 0.3 is 0 Å². The standard InChI is InChI=1S/C10H10N4O/c15-9(7-4-5-7)11-10-13-12-8-3-1-2-6-14(8)10/h1-3,6-7H,4-5H2,(H,11,13,15). The number of amides is 1. The first-order valence-electron chi connectivity index (χ1n) is 4.95. The first-order chi connectivity index (χ1) is 7.34. The fourth-order valence-electron chi connectivity index (χ4n) is 1.48. The molecule has 76 valence electrons. The zero-order valence-corrected chi connectivity index (χ0v) is 8.05. The molecule has 1 aliphatic carbocycles. The predicted octanol–water partition coefficient (Wildman–Crippen LogP) is 1.08. The van der Waals surface area contributed by atoms with E-state index in [0.717, 1.165) is 18.5 Å². The van der Waals surface area contributed by atoms with Crippen molar-refractivity contribution >= 4 is 17.5 Å². The van der Waals surface area contributed by atoms with Gasteiger partial charge in [-0.2, -0.15) is 0 Å². The van der Waals surface area contributed by atoms with Crippen LogP contribution < -0.4 is 5.32 Å². The van der Waals surface area contributed by atoms with Gasteiger partial charge in [-0.3, -0.25) is 14.5 Å². The molecule has 0 spiro atoms. The largest absolute Gasteiger partial charge is 0.294 e. The minimum atomic E-state index is 0.0492. The SMILES string of the molecule is O=C(Nc1nnc2ccccn12)C1CC1. The number of pyridine rings is 1. The van der Waals surface area contributed by atoms with Crippen molar-refractivity contribution in [3.05, 3.63) is 24.4 Å². The van der Waals surface area contributed by atoms with E-state index in [4.69, 9.17) is 0 Å². The van der Waals surface area contributed by atoms with Crippen LogP contribution in [0.15, 0.2) is 24.4 Å². The van der Waals surface area contributed by atoms with Crippen LogP contribution >= 0.6 is 0 Å². The number of hydrogen-bond donors (Lipinski definition) is 1. The molecule has 0 bridgehead atoms. The second-order valence-electron chi connectivity index (χ2n) is 3.72. The molecule has 0 atom stereocenters. The van der Waals surface area contributed by atoms with E-state index in [1.165, 1.54) is 0 Å². The zero-order chi connectivity index (χ0) is 10.3. The lowest BCUT2D eigenvalue weighted by molar-refractivity contribution is -0.117. The maximum atomic E-state index is 11.5. The van der Waals surface area contributed by atoms with Crippen molar-refractivity contribution in [1.82, 2.24) is 14.6 Å². The lowest BCUT2D eigenvalue weighted by Gasteiger charge is -2.00. The maximum Gasteiger partial charge on any atom is 0.235 e. The highest BCUT2D eigenvalue weighted by molar-refractivity contribution is 5.92. The Morgan fingerprint density at radius 2 is 2.27 bits per heavy atom. The number of aromatic nitrogens is 3. The molecule has 15 heavy (non-hydrogen) atoms. The zero-order valence-electron chi connectivity index (χ0n) is 8.05. The van der Waals surface area contributed by atoms with Gasteiger partial charge in [-0.15, -0.1) is 10.2 Å². The molecule has 0 aromatic carbocycles. The van der Waals surface area contributed by atoms with Crippen molar-refractivity contribution in [3.8, 4) is 0 Å². The number of carbonyl (C=O) groups excluding carboxylic acids is 1. The second kappa shape index (κ2) is 3.05. The first-order valence-corrected chi connectivity index (χ1v) is 4.95. The van der Waals surface area contributed by atoms with Crippen LogP contribution in [0.2, 0.25) is 0 Å². The summed E-state index contributed by atoms with van der Waals surface area (Å²) in [6.07, 6.45) is 3.81. The van der Waals surface area contributed by atoms with E-state index in [1.807, 2.05) is 24.4 Å². The Hall–Kier alpha value is -1.91. The normalized spacial score (nSPS) is 15.5. The maximum absolute atomic E-state index is 11.5. The Kier molecular flexibility index (Phi) is 1.71. The van der Waals surface area contributed by atoms with Crippen LogP contribution in [0, 0.1) is 5.92 Å². The highest BCUT2D eigenvalue weighted by Crippen LogP contribution is 2.29. The van der Waals surface area contributed by atoms with Crippen LogP contribution in [-0.4, -0.2) is 20.5 Å². The number of anilines is 1. The van der Waals surface area contributed by atoms with Crippen molar-refractivity contribution < 1.29 is 4.79 Å². The van der Waals surface area contributed by atoms with E-state index >= 15 is 0 Å². The van der Waals surface area contributed by atoms with Gasteiger partial charge in [0.05, 0.1) is 0 Å². The summed E-state index contributed by atoms with van der Waals surface area (Å²) in [5, 5.41) is 10.7. The van der Waals surface area contributed by atoms with Crippen molar-refractivity contribution in [2.24, 2.45) is 5.92 Å². The number of hydrogen-bond acceptors (Lipinski definition) is 3. The molecule has 3 rings (SSSR count). The lowest BCUT2D eigenvalue weighted by atomic mass is 10.4. The van der Waals surface area contributed by atoms with Gasteiger partial charge in [0.2, 0.25) is 11.9 Å². The molecule has 1 aliphatic rings. The first kappa shape index (κ1) is 8.40. The third kappa shape index (κ3) is 1.45. The van der Waals surface area contributed by atoms with Gasteiger partial charge in [-0.25, -0.2) is 0 Å². The summed E-state index contributed by atoms with van der Waals surface area (Å²) in [6.45, 7) is 0. The molecule has 2 aromatic rings. The molecule has 1 N–H and O–H groups in total. The van der Waals surface area contributed by atoms with Gasteiger partial charge in [-0.05, 0) is 25.0 Å². The molecular weight excluding hydrogens is 192 g/mol. The van der Waals surface area contributed by atoms with E-state index in [9.17, 15) is 4.79 Å². The molecule has 0 unspecified atom stereocenters. The smallest absolute Gasteiger partial charge is 0.235 e. The lowest BCUT2D eigenvalue weighted by Crippen LogP contribution is -2.15. The van der Waals surface area contributed by atoms with Crippen molar-refractivity contribution in [2.75, 3.05) is 5.32 Å². The van der Waals surface area contributed by atoms with E-state index in [0.29, 0.717) is 5.95 Å². The van der Waals surface area contributed by atoms with Gasteiger partial charge < -0.3 is 0 Å². The van der Waals surface area contributed by atoms with Gasteiger partial charge in [0.25, 0.3) is 0 Å². The quantitative estimate of drug-likeness (QED) is 0.792. The average Bonchev–Trinajstić information content (AvgIpc) is 3.03. The molecule has 1 fully saturated rings. The molecular formula is C10H10N4O. The highest BCUT2D eigenvalue weighted by atomic mass is 16.2.